The first-order chi connectivity index (χ1) is 8.99. The zero-order valence-electron chi connectivity index (χ0n) is 11.5. The molecule has 4 nitrogen and oxygen atoms in total. The maximum Gasteiger partial charge on any atom is 0.106 e. The van der Waals surface area contributed by atoms with Crippen molar-refractivity contribution in [3.8, 4) is 0 Å². The van der Waals surface area contributed by atoms with Gasteiger partial charge in [0.2, 0.25) is 0 Å². The number of hydrogen-bond acceptors (Lipinski definition) is 3. The van der Waals surface area contributed by atoms with E-state index in [-0.39, 0.29) is 0 Å². The lowest BCUT2D eigenvalue weighted by atomic mass is 10.2. The highest BCUT2D eigenvalue weighted by molar-refractivity contribution is 9.10. The van der Waals surface area contributed by atoms with Gasteiger partial charge in [-0.3, -0.25) is 10.1 Å². The molecule has 0 aliphatic rings. The zero-order valence-corrected chi connectivity index (χ0v) is 13.1. The number of aryl methyl sites for hydroxylation is 2. The molecule has 1 heterocycles. The van der Waals surface area contributed by atoms with Crippen LogP contribution in [0.4, 0.5) is 11.4 Å². The molecule has 1 aromatic heterocycles. The Morgan fingerprint density at radius 1 is 1.32 bits per heavy atom. The summed E-state index contributed by atoms with van der Waals surface area (Å²) in [5, 5.41) is 7.06. The van der Waals surface area contributed by atoms with Crippen LogP contribution in [0.25, 0.3) is 0 Å². The average molecular weight is 321 g/mol. The largest absolute Gasteiger partial charge is 0.377 e. The van der Waals surface area contributed by atoms with Crippen molar-refractivity contribution in [2.45, 2.75) is 13.8 Å². The van der Waals surface area contributed by atoms with Crippen LogP contribution in [0, 0.1) is 13.8 Å². The number of anilines is 1. The molecule has 0 bridgehead atoms. The molecule has 100 valence electrons. The predicted molar refractivity (Wildman–Crippen MR) is 83.8 cm³/mol. The Hall–Kier alpha value is -1.62. The lowest BCUT2D eigenvalue weighted by Crippen LogP contribution is -2.09. The van der Waals surface area contributed by atoms with Crippen LogP contribution in [0.1, 0.15) is 17.0 Å². The molecule has 0 saturated carbocycles. The fourth-order valence-electron chi connectivity index (χ4n) is 1.84. The molecule has 0 unspecified atom stereocenters. The summed E-state index contributed by atoms with van der Waals surface area (Å²) >= 11 is 3.57. The third kappa shape index (κ3) is 3.04. The Kier molecular flexibility index (Phi) is 4.04. The van der Waals surface area contributed by atoms with E-state index in [0.29, 0.717) is 0 Å². The molecule has 0 atom stereocenters. The third-order valence-corrected chi connectivity index (χ3v) is 3.52. The minimum Gasteiger partial charge on any atom is -0.377 e. The quantitative estimate of drug-likeness (QED) is 0.878. The number of nitrogens with zero attached hydrogens (tertiary/aromatic N) is 3. The highest BCUT2D eigenvalue weighted by atomic mass is 79.9. The molecule has 0 fully saturated rings. The van der Waals surface area contributed by atoms with Crippen molar-refractivity contribution in [1.82, 2.24) is 10.2 Å². The van der Waals surface area contributed by atoms with Gasteiger partial charge in [-0.15, -0.1) is 0 Å². The lowest BCUT2D eigenvalue weighted by molar-refractivity contribution is 1.02. The van der Waals surface area contributed by atoms with Crippen molar-refractivity contribution in [1.29, 1.82) is 0 Å². The van der Waals surface area contributed by atoms with E-state index in [2.05, 4.69) is 48.2 Å². The number of aromatic nitrogens is 2. The Bertz CT molecular complexity index is 594. The van der Waals surface area contributed by atoms with E-state index in [1.807, 2.05) is 40.2 Å². The molecule has 2 rings (SSSR count). The molecule has 1 aromatic carbocycles. The molecule has 0 aliphatic carbocycles. The Morgan fingerprint density at radius 2 is 2.05 bits per heavy atom. The summed E-state index contributed by atoms with van der Waals surface area (Å²) in [5.74, 6) is 0. The summed E-state index contributed by atoms with van der Waals surface area (Å²) < 4.78 is 1.06. The average Bonchev–Trinajstić information content (AvgIpc) is 2.66. The molecule has 0 amide bonds. The highest BCUT2D eigenvalue weighted by Crippen LogP contribution is 2.26. The fraction of sp³-hybridized carbons (Fsp3) is 0.286. The molecule has 0 radical (unpaired) electrons. The summed E-state index contributed by atoms with van der Waals surface area (Å²) in [6, 6.07) is 6.18. The van der Waals surface area contributed by atoms with E-state index in [0.717, 1.165) is 32.8 Å². The van der Waals surface area contributed by atoms with E-state index < -0.39 is 0 Å². The second-order valence-electron chi connectivity index (χ2n) is 4.65. The Balaban J connectivity index is 2.27. The van der Waals surface area contributed by atoms with Gasteiger partial charge in [0.1, 0.15) is 5.69 Å². The second kappa shape index (κ2) is 5.57. The van der Waals surface area contributed by atoms with E-state index >= 15 is 0 Å². The van der Waals surface area contributed by atoms with Gasteiger partial charge in [-0.2, -0.15) is 5.10 Å². The number of benzene rings is 1. The fourth-order valence-corrected chi connectivity index (χ4v) is 2.59. The lowest BCUT2D eigenvalue weighted by Gasteiger charge is -2.14. The minimum atomic E-state index is 0.910. The maximum absolute atomic E-state index is 4.50. The molecule has 0 aliphatic heterocycles. The molecule has 0 spiro atoms. The molecule has 2 aromatic rings. The summed E-state index contributed by atoms with van der Waals surface area (Å²) in [6.45, 7) is 3.92. The number of nitrogens with one attached hydrogen (secondary N) is 1. The van der Waals surface area contributed by atoms with Gasteiger partial charge in [0.25, 0.3) is 0 Å². The molecular formula is C14H17BrN4. The van der Waals surface area contributed by atoms with Crippen molar-refractivity contribution >= 4 is 33.5 Å². The van der Waals surface area contributed by atoms with Gasteiger partial charge in [0, 0.05) is 24.8 Å². The van der Waals surface area contributed by atoms with Gasteiger partial charge in [-0.25, -0.2) is 0 Å². The van der Waals surface area contributed by atoms with Gasteiger partial charge in [0.05, 0.1) is 17.1 Å². The monoisotopic (exact) mass is 320 g/mol. The maximum atomic E-state index is 4.50. The van der Waals surface area contributed by atoms with Gasteiger partial charge in [0.15, 0.2) is 0 Å². The van der Waals surface area contributed by atoms with Gasteiger partial charge in [-0.1, -0.05) is 6.07 Å². The first-order valence-corrected chi connectivity index (χ1v) is 6.81. The van der Waals surface area contributed by atoms with Crippen LogP contribution in [0.3, 0.4) is 0 Å². The number of aromatic amines is 1. The topological polar surface area (TPSA) is 44.3 Å². The standard InChI is InChI=1S/C14H17BrN4/c1-9-14(10(2)18-17-9)16-8-11-5-6-13(19(3)4)12(15)7-11/h5-8H,1-4H3,(H,17,18). The van der Waals surface area contributed by atoms with Crippen molar-refractivity contribution in [2.75, 3.05) is 19.0 Å². The van der Waals surface area contributed by atoms with E-state index in [1.54, 1.807) is 0 Å². The predicted octanol–water partition coefficient (Wildman–Crippen LogP) is 3.61. The van der Waals surface area contributed by atoms with Gasteiger partial charge < -0.3 is 4.90 Å². The molecule has 0 saturated heterocycles. The number of aliphatic imine (C=N–C) groups is 1. The van der Waals surface area contributed by atoms with E-state index in [4.69, 9.17) is 0 Å². The number of rotatable bonds is 3. The Morgan fingerprint density at radius 3 is 2.58 bits per heavy atom. The van der Waals surface area contributed by atoms with Crippen LogP contribution in [0.5, 0.6) is 0 Å². The van der Waals surface area contributed by atoms with Crippen LogP contribution in [0.2, 0.25) is 0 Å². The highest BCUT2D eigenvalue weighted by Gasteiger charge is 2.04. The summed E-state index contributed by atoms with van der Waals surface area (Å²) in [5.41, 5.74) is 5.01. The van der Waals surface area contributed by atoms with Crippen molar-refractivity contribution in [2.24, 2.45) is 4.99 Å². The van der Waals surface area contributed by atoms with E-state index in [1.165, 1.54) is 0 Å². The third-order valence-electron chi connectivity index (χ3n) is 2.89. The number of halogens is 1. The van der Waals surface area contributed by atoms with Crippen molar-refractivity contribution in [3.05, 3.63) is 39.6 Å². The van der Waals surface area contributed by atoms with Gasteiger partial charge in [-0.05, 0) is 47.5 Å². The van der Waals surface area contributed by atoms with Crippen LogP contribution in [-0.4, -0.2) is 30.5 Å². The van der Waals surface area contributed by atoms with Crippen LogP contribution < -0.4 is 4.90 Å². The van der Waals surface area contributed by atoms with Crippen LogP contribution >= 0.6 is 15.9 Å². The van der Waals surface area contributed by atoms with Gasteiger partial charge >= 0.3 is 0 Å². The normalized spacial score (nSPS) is 11.2. The summed E-state index contributed by atoms with van der Waals surface area (Å²) in [4.78, 5) is 6.56. The summed E-state index contributed by atoms with van der Waals surface area (Å²) in [7, 11) is 4.04. The first kappa shape index (κ1) is 13.8. The minimum absolute atomic E-state index is 0.910. The van der Waals surface area contributed by atoms with Crippen molar-refractivity contribution in [3.63, 3.8) is 0 Å². The van der Waals surface area contributed by atoms with Crippen LogP contribution in [0.15, 0.2) is 27.7 Å². The van der Waals surface area contributed by atoms with Crippen molar-refractivity contribution < 1.29 is 0 Å². The smallest absolute Gasteiger partial charge is 0.106 e. The zero-order chi connectivity index (χ0) is 14.0. The van der Waals surface area contributed by atoms with E-state index in [9.17, 15) is 0 Å². The second-order valence-corrected chi connectivity index (χ2v) is 5.50. The molecule has 1 N–H and O–H groups in total. The number of hydrogen-bond donors (Lipinski definition) is 1. The summed E-state index contributed by atoms with van der Waals surface area (Å²) in [6.07, 6.45) is 1.86. The first-order valence-electron chi connectivity index (χ1n) is 6.01. The molecular weight excluding hydrogens is 304 g/mol. The molecule has 5 heteroatoms. The SMILES string of the molecule is Cc1n[nH]c(C)c1N=Cc1ccc(N(C)C)c(Br)c1. The molecule has 19 heavy (non-hydrogen) atoms. The van der Waals surface area contributed by atoms with Crippen LogP contribution in [-0.2, 0) is 0 Å². The number of H-pyrrole nitrogens is 1. The Labute approximate surface area is 121 Å².